The molecule has 0 radical (unpaired) electrons. The van der Waals surface area contributed by atoms with Crippen LogP contribution in [0.15, 0.2) is 135 Å². The summed E-state index contributed by atoms with van der Waals surface area (Å²) in [5, 5.41) is 8.35. The van der Waals surface area contributed by atoms with Crippen LogP contribution in [0.1, 0.15) is 41.5 Å². The number of hydrogen-bond acceptors (Lipinski definition) is 8. The number of rotatable bonds is 10. The molecule has 2 heterocycles. The zero-order valence-corrected chi connectivity index (χ0v) is 40.9. The van der Waals surface area contributed by atoms with Crippen LogP contribution in [-0.2, 0) is 54.8 Å². The van der Waals surface area contributed by atoms with Crippen molar-refractivity contribution in [3.05, 3.63) is 135 Å². The van der Waals surface area contributed by atoms with Gasteiger partial charge in [-0.05, 0) is 0 Å². The Kier molecular flexibility index (Phi) is 19.2. The summed E-state index contributed by atoms with van der Waals surface area (Å²) in [5.74, 6) is 1.21. The summed E-state index contributed by atoms with van der Waals surface area (Å²) in [7, 11) is 0. The Labute approximate surface area is 373 Å². The second-order valence-electron chi connectivity index (χ2n) is 14.4. The second-order valence-corrected chi connectivity index (χ2v) is 18.4. The van der Waals surface area contributed by atoms with Crippen LogP contribution >= 0.6 is 0 Å². The van der Waals surface area contributed by atoms with Crippen LogP contribution in [-0.4, -0.2) is 41.1 Å². The first-order valence-electron chi connectivity index (χ1n) is 16.8. The zero-order valence-electron chi connectivity index (χ0n) is 31.9. The zero-order chi connectivity index (χ0) is 37.6. The first-order valence-corrected chi connectivity index (χ1v) is 19.8. The van der Waals surface area contributed by atoms with E-state index in [9.17, 15) is 9.59 Å². The number of benzene rings is 4. The van der Waals surface area contributed by atoms with E-state index in [1.807, 2.05) is 126 Å². The average molecular weight is 941 g/mol. The maximum absolute atomic E-state index is 13.1. The molecule has 2 atom stereocenters. The van der Waals surface area contributed by atoms with Crippen LogP contribution in [0.2, 0.25) is 0 Å². The summed E-state index contributed by atoms with van der Waals surface area (Å²) in [6.45, 7) is 11.3. The topological polar surface area (TPSA) is 114 Å². The molecule has 0 N–H and O–H groups in total. The molecule has 2 unspecified atom stereocenters. The third-order valence-electron chi connectivity index (χ3n) is 8.15. The molecular weight excluding hydrogens is 901 g/mol. The van der Waals surface area contributed by atoms with Crippen molar-refractivity contribution >= 4 is 11.6 Å². The quantitative estimate of drug-likeness (QED) is 0.127. The predicted molar refractivity (Wildman–Crippen MR) is 190 cm³/mol. The molecule has 0 saturated heterocycles. The molecule has 0 aliphatic rings. The molecule has 16 heteroatoms. The van der Waals surface area contributed by atoms with Crippen LogP contribution in [0.25, 0.3) is 22.3 Å². The van der Waals surface area contributed by atoms with E-state index in [2.05, 4.69) is 44.4 Å². The number of Topliss-reactive ketones (excluding diaryl/α,β-unsaturated/α-hetero) is 2. The fraction of sp³-hybridized carbons (Fsp3) is 0.250. The molecule has 0 spiro atoms. The van der Waals surface area contributed by atoms with Gasteiger partial charge in [0.2, 0.25) is 0 Å². The van der Waals surface area contributed by atoms with E-state index < -0.39 is 19.5 Å². The minimum absolute atomic E-state index is 0. The number of nitrogens with zero attached hydrogens (tertiary/aromatic N) is 6. The van der Waals surface area contributed by atoms with Crippen LogP contribution in [0.4, 0.5) is 0 Å². The number of ketones is 2. The van der Waals surface area contributed by atoms with Crippen molar-refractivity contribution in [1.29, 1.82) is 0 Å². The van der Waals surface area contributed by atoms with E-state index in [0.29, 0.717) is 48.1 Å². The summed E-state index contributed by atoms with van der Waals surface area (Å²) in [6.07, 6.45) is 5.90. The molecule has 286 valence electrons. The normalized spacial score (nSPS) is 12.9. The maximum Gasteiger partial charge on any atom is -1.00 e. The number of halogens is 4. The van der Waals surface area contributed by atoms with E-state index in [0.717, 1.165) is 22.3 Å². The number of carbonyl (C=O) groups excluding carboxylic acids is 2. The van der Waals surface area contributed by atoms with Gasteiger partial charge in [-0.1, -0.05) is 0 Å². The van der Waals surface area contributed by atoms with E-state index in [4.69, 9.17) is 9.47 Å². The molecule has 0 amide bonds. The maximum atomic E-state index is 13.1. The van der Waals surface area contributed by atoms with E-state index in [1.165, 1.54) is 34.7 Å². The first-order chi connectivity index (χ1) is 24.6. The van der Waals surface area contributed by atoms with Gasteiger partial charge in [-0.3, -0.25) is 0 Å². The molecule has 6 rings (SSSR count). The molecule has 56 heavy (non-hydrogen) atoms. The van der Waals surface area contributed by atoms with Crippen LogP contribution < -0.4 is 59.1 Å². The molecule has 0 saturated carbocycles. The predicted octanol–water partition coefficient (Wildman–Crippen LogP) is -4.39. The van der Waals surface area contributed by atoms with Gasteiger partial charge in [-0.15, -0.1) is 0 Å². The summed E-state index contributed by atoms with van der Waals surface area (Å²) < 4.78 is 13.1. The van der Waals surface area contributed by atoms with Gasteiger partial charge >= 0.3 is 326 Å². The van der Waals surface area contributed by atoms with Gasteiger partial charge in [0.25, 0.3) is 0 Å². The Bertz CT molecular complexity index is 1920. The Hall–Kier alpha value is -3.49. The SMILES string of the molecule is CC(C)(C)C(=O)[C]([Zn+2])(Oc1ccc(-c2ccccc2)cc1)n1cncn1.CC(C)(C)C(=O)[C]([Zn+2])(Oc1ccc(-c2ccccc2)cc1)n1cncn1.[Cl-].[Cl-].[Cl-].[Cl-]. The summed E-state index contributed by atoms with van der Waals surface area (Å²) in [4.78, 5) is 34.2. The molecule has 0 aliphatic heterocycles. The summed E-state index contributed by atoms with van der Waals surface area (Å²) in [6, 6.07) is 35.8. The van der Waals surface area contributed by atoms with Gasteiger partial charge in [0, 0.05) is 0 Å². The molecule has 0 bridgehead atoms. The van der Waals surface area contributed by atoms with Crippen molar-refractivity contribution < 1.29 is 105 Å². The summed E-state index contributed by atoms with van der Waals surface area (Å²) in [5.41, 5.74) is 3.34. The van der Waals surface area contributed by atoms with Gasteiger partial charge in [0.1, 0.15) is 0 Å². The molecule has 10 nitrogen and oxygen atoms in total. The number of aromatic nitrogens is 6. The Morgan fingerprint density at radius 2 is 0.768 bits per heavy atom. The van der Waals surface area contributed by atoms with Crippen LogP contribution in [0.3, 0.4) is 0 Å². The largest absolute Gasteiger partial charge is 1.00 e. The first kappa shape index (κ1) is 50.5. The number of ether oxygens (including phenoxy) is 2. The van der Waals surface area contributed by atoms with Gasteiger partial charge in [0.15, 0.2) is 0 Å². The Morgan fingerprint density at radius 3 is 1.02 bits per heavy atom. The van der Waals surface area contributed by atoms with Gasteiger partial charge in [0.05, 0.1) is 0 Å². The van der Waals surface area contributed by atoms with Crippen LogP contribution in [0, 0.1) is 10.8 Å². The average Bonchev–Trinajstić information content (AvgIpc) is 3.89. The van der Waals surface area contributed by atoms with Gasteiger partial charge in [-0.25, -0.2) is 0 Å². The Balaban J connectivity index is 0.000000523. The monoisotopic (exact) mass is 936 g/mol. The third-order valence-corrected chi connectivity index (χ3v) is 11.5. The van der Waals surface area contributed by atoms with Crippen molar-refractivity contribution in [1.82, 2.24) is 29.5 Å². The van der Waals surface area contributed by atoms with Crippen molar-refractivity contribution in [2.45, 2.75) is 50.2 Å². The number of carbonyl (C=O) groups is 2. The van der Waals surface area contributed by atoms with E-state index >= 15 is 0 Å². The number of hydrogen-bond donors (Lipinski definition) is 0. The smallest absolute Gasteiger partial charge is 1.00 e. The fourth-order valence-corrected chi connectivity index (χ4v) is 9.05. The Morgan fingerprint density at radius 1 is 0.482 bits per heavy atom. The molecule has 0 aliphatic carbocycles. The molecule has 6 aromatic rings. The van der Waals surface area contributed by atoms with Crippen molar-refractivity contribution in [3.63, 3.8) is 0 Å². The van der Waals surface area contributed by atoms with Crippen molar-refractivity contribution in [2.75, 3.05) is 0 Å². The minimum atomic E-state index is -1.15. The second kappa shape index (κ2) is 21.3. The van der Waals surface area contributed by atoms with Crippen LogP contribution in [0.5, 0.6) is 11.5 Å². The van der Waals surface area contributed by atoms with Crippen molar-refractivity contribution in [2.24, 2.45) is 10.8 Å². The third kappa shape index (κ3) is 12.3. The van der Waals surface area contributed by atoms with Gasteiger partial charge < -0.3 is 49.6 Å². The fourth-order valence-electron chi connectivity index (χ4n) is 5.44. The van der Waals surface area contributed by atoms with E-state index in [1.54, 1.807) is 0 Å². The molecular formula is C40H40Cl4N6O4Zn2. The summed E-state index contributed by atoms with van der Waals surface area (Å²) >= 11 is 1.12. The molecule has 4 aromatic carbocycles. The van der Waals surface area contributed by atoms with Crippen molar-refractivity contribution in [3.8, 4) is 33.8 Å². The van der Waals surface area contributed by atoms with Gasteiger partial charge in [-0.2, -0.15) is 0 Å². The minimum Gasteiger partial charge on any atom is -1.00 e. The standard InChI is InChI=1S/2C20H20N3O2.4ClH.2Zn/c2*1-20(2,3)18(24)19(23-14-21-13-22-23)25-17-11-9-16(10-12-17)15-7-5-4-6-8-15;;;;;;/h2*4-14H,1-3H3;4*1H;;/q;;;;;;2*+2/p-4. The van der Waals surface area contributed by atoms with E-state index in [-0.39, 0.29) is 61.2 Å². The molecule has 0 fully saturated rings. The molecule has 2 aromatic heterocycles.